The van der Waals surface area contributed by atoms with Crippen LogP contribution in [0.4, 0.5) is 21.8 Å². The van der Waals surface area contributed by atoms with Crippen LogP contribution in [0.25, 0.3) is 10.9 Å². The summed E-state index contributed by atoms with van der Waals surface area (Å²) in [5.74, 6) is 1.56. The van der Waals surface area contributed by atoms with Gasteiger partial charge in [0.05, 0.1) is 26.3 Å². The Morgan fingerprint density at radius 3 is 2.38 bits per heavy atom. The number of benzene rings is 2. The molecule has 0 atom stereocenters. The van der Waals surface area contributed by atoms with Gasteiger partial charge in [0, 0.05) is 43.3 Å². The minimum atomic E-state index is -0.340. The number of aromatic nitrogens is 2. The molecular formula is C22H25FN6O3. The summed E-state index contributed by atoms with van der Waals surface area (Å²) in [6.07, 6.45) is 0. The Balaban J connectivity index is 1.40. The third-order valence-corrected chi connectivity index (χ3v) is 5.37. The van der Waals surface area contributed by atoms with Crippen LogP contribution >= 0.6 is 0 Å². The predicted molar refractivity (Wildman–Crippen MR) is 121 cm³/mol. The van der Waals surface area contributed by atoms with Crippen LogP contribution in [-0.2, 0) is 4.79 Å². The Kier molecular flexibility index (Phi) is 6.22. The number of rotatable bonds is 6. The van der Waals surface area contributed by atoms with E-state index in [9.17, 15) is 9.18 Å². The fraction of sp³-hybridized carbons (Fsp3) is 0.318. The van der Waals surface area contributed by atoms with E-state index >= 15 is 0 Å². The van der Waals surface area contributed by atoms with Gasteiger partial charge in [0.25, 0.3) is 0 Å². The average molecular weight is 440 g/mol. The van der Waals surface area contributed by atoms with Gasteiger partial charge in [0.15, 0.2) is 11.5 Å². The van der Waals surface area contributed by atoms with Crippen LogP contribution in [0.5, 0.6) is 11.5 Å². The van der Waals surface area contributed by atoms with E-state index in [0.717, 1.165) is 0 Å². The molecule has 1 aliphatic rings. The van der Waals surface area contributed by atoms with E-state index in [-0.39, 0.29) is 18.3 Å². The van der Waals surface area contributed by atoms with Gasteiger partial charge in [-0.3, -0.25) is 9.69 Å². The van der Waals surface area contributed by atoms with Gasteiger partial charge in [0.2, 0.25) is 11.9 Å². The quantitative estimate of drug-likeness (QED) is 0.601. The summed E-state index contributed by atoms with van der Waals surface area (Å²) in [7, 11) is 3.13. The van der Waals surface area contributed by atoms with Crippen LogP contribution < -0.4 is 25.4 Å². The topological polar surface area (TPSA) is 106 Å². The standard InChI is InChI=1S/C22H25FN6O3/c1-31-18-11-16-17(12-19(18)32-2)26-22(27-21(16)24)29-9-7-28(8-10-29)13-20(30)25-15-5-3-14(23)4-6-15/h3-6,11-12H,7-10,13H2,1-2H3,(H,25,30)(H2,24,26,27). The first-order valence-corrected chi connectivity index (χ1v) is 10.2. The lowest BCUT2D eigenvalue weighted by molar-refractivity contribution is -0.117. The van der Waals surface area contributed by atoms with Crippen LogP contribution in [0.1, 0.15) is 0 Å². The lowest BCUT2D eigenvalue weighted by Crippen LogP contribution is -2.49. The molecule has 0 spiro atoms. The lowest BCUT2D eigenvalue weighted by Gasteiger charge is -2.34. The highest BCUT2D eigenvalue weighted by molar-refractivity contribution is 5.92. The summed E-state index contributed by atoms with van der Waals surface area (Å²) in [5, 5.41) is 3.48. The first-order chi connectivity index (χ1) is 15.5. The van der Waals surface area contributed by atoms with Crippen LogP contribution in [0.2, 0.25) is 0 Å². The van der Waals surface area contributed by atoms with Crippen molar-refractivity contribution in [2.45, 2.75) is 0 Å². The van der Waals surface area contributed by atoms with Crippen molar-refractivity contribution in [1.82, 2.24) is 14.9 Å². The first-order valence-electron chi connectivity index (χ1n) is 10.2. The zero-order chi connectivity index (χ0) is 22.7. The van der Waals surface area contributed by atoms with Crippen LogP contribution in [0, 0.1) is 5.82 Å². The normalized spacial score (nSPS) is 14.4. The number of piperazine rings is 1. The smallest absolute Gasteiger partial charge is 0.238 e. The van der Waals surface area contributed by atoms with Gasteiger partial charge in [-0.2, -0.15) is 4.98 Å². The summed E-state index contributed by atoms with van der Waals surface area (Å²) in [5.41, 5.74) is 7.44. The highest BCUT2D eigenvalue weighted by Crippen LogP contribution is 2.34. The second-order valence-electron chi connectivity index (χ2n) is 7.45. The molecule has 2 heterocycles. The maximum absolute atomic E-state index is 13.0. The molecule has 0 saturated carbocycles. The van der Waals surface area contributed by atoms with E-state index in [4.69, 9.17) is 15.2 Å². The summed E-state index contributed by atoms with van der Waals surface area (Å²) < 4.78 is 23.7. The van der Waals surface area contributed by atoms with Crippen molar-refractivity contribution in [1.29, 1.82) is 0 Å². The molecule has 0 radical (unpaired) electrons. The van der Waals surface area contributed by atoms with Gasteiger partial charge in [-0.15, -0.1) is 0 Å². The number of anilines is 3. The molecule has 3 N–H and O–H groups in total. The van der Waals surface area contributed by atoms with Crippen molar-refractivity contribution in [3.8, 4) is 11.5 Å². The molecule has 2 aromatic carbocycles. The number of ether oxygens (including phenoxy) is 2. The molecule has 4 rings (SSSR count). The van der Waals surface area contributed by atoms with E-state index in [1.165, 1.54) is 24.3 Å². The Morgan fingerprint density at radius 1 is 1.06 bits per heavy atom. The minimum Gasteiger partial charge on any atom is -0.493 e. The molecule has 0 unspecified atom stereocenters. The fourth-order valence-corrected chi connectivity index (χ4v) is 3.65. The number of nitrogen functional groups attached to an aromatic ring is 1. The third kappa shape index (κ3) is 4.65. The highest BCUT2D eigenvalue weighted by atomic mass is 19.1. The minimum absolute atomic E-state index is 0.141. The van der Waals surface area contributed by atoms with E-state index in [1.807, 2.05) is 9.80 Å². The van der Waals surface area contributed by atoms with Gasteiger partial charge in [0.1, 0.15) is 11.6 Å². The second kappa shape index (κ2) is 9.23. The van der Waals surface area contributed by atoms with Crippen molar-refractivity contribution >= 4 is 34.3 Å². The maximum atomic E-state index is 13.0. The van der Waals surface area contributed by atoms with Crippen LogP contribution in [0.15, 0.2) is 36.4 Å². The number of methoxy groups -OCH3 is 2. The number of nitrogens with two attached hydrogens (primary N) is 1. The molecule has 168 valence electrons. The molecule has 1 saturated heterocycles. The number of nitrogens with one attached hydrogen (secondary N) is 1. The fourth-order valence-electron chi connectivity index (χ4n) is 3.65. The summed E-state index contributed by atoms with van der Waals surface area (Å²) >= 11 is 0. The zero-order valence-corrected chi connectivity index (χ0v) is 18.0. The Hall–Kier alpha value is -3.66. The van der Waals surface area contributed by atoms with Crippen molar-refractivity contribution < 1.29 is 18.7 Å². The molecule has 0 aliphatic carbocycles. The maximum Gasteiger partial charge on any atom is 0.238 e. The molecule has 1 aliphatic heterocycles. The Labute approximate surface area is 184 Å². The molecule has 9 nitrogen and oxygen atoms in total. The van der Waals surface area contributed by atoms with E-state index in [1.54, 1.807) is 26.4 Å². The highest BCUT2D eigenvalue weighted by Gasteiger charge is 2.22. The molecular weight excluding hydrogens is 415 g/mol. The van der Waals surface area contributed by atoms with Crippen molar-refractivity contribution in [3.05, 3.63) is 42.2 Å². The summed E-state index contributed by atoms with van der Waals surface area (Å²) in [6.45, 7) is 2.90. The number of carbonyl (C=O) groups is 1. The number of amides is 1. The number of hydrogen-bond donors (Lipinski definition) is 2. The van der Waals surface area contributed by atoms with Crippen molar-refractivity contribution in [3.63, 3.8) is 0 Å². The van der Waals surface area contributed by atoms with E-state index in [0.29, 0.717) is 66.0 Å². The first kappa shape index (κ1) is 21.6. The predicted octanol–water partition coefficient (Wildman–Crippen LogP) is 2.13. The van der Waals surface area contributed by atoms with Crippen LogP contribution in [0.3, 0.4) is 0 Å². The molecule has 0 bridgehead atoms. The van der Waals surface area contributed by atoms with Crippen LogP contribution in [-0.4, -0.2) is 67.7 Å². The SMILES string of the molecule is COc1cc2nc(N3CCN(CC(=O)Nc4ccc(F)cc4)CC3)nc(N)c2cc1OC. The Morgan fingerprint density at radius 2 is 1.72 bits per heavy atom. The molecule has 10 heteroatoms. The summed E-state index contributed by atoms with van der Waals surface area (Å²) in [6, 6.07) is 9.26. The van der Waals surface area contributed by atoms with E-state index < -0.39 is 0 Å². The number of hydrogen-bond acceptors (Lipinski definition) is 8. The third-order valence-electron chi connectivity index (χ3n) is 5.37. The summed E-state index contributed by atoms with van der Waals surface area (Å²) in [4.78, 5) is 25.5. The van der Waals surface area contributed by atoms with Gasteiger partial charge in [-0.1, -0.05) is 0 Å². The lowest BCUT2D eigenvalue weighted by atomic mass is 10.2. The van der Waals surface area contributed by atoms with Gasteiger partial charge < -0.3 is 25.4 Å². The van der Waals surface area contributed by atoms with Crippen molar-refractivity contribution in [2.75, 3.05) is 62.9 Å². The monoisotopic (exact) mass is 440 g/mol. The molecule has 1 amide bonds. The van der Waals surface area contributed by atoms with Gasteiger partial charge in [-0.25, -0.2) is 9.37 Å². The molecule has 32 heavy (non-hydrogen) atoms. The second-order valence-corrected chi connectivity index (χ2v) is 7.45. The van der Waals surface area contributed by atoms with Gasteiger partial charge in [-0.05, 0) is 30.3 Å². The molecule has 1 aromatic heterocycles. The van der Waals surface area contributed by atoms with Gasteiger partial charge >= 0.3 is 0 Å². The Bertz CT molecular complexity index is 1120. The van der Waals surface area contributed by atoms with Crippen molar-refractivity contribution in [2.24, 2.45) is 0 Å². The number of fused-ring (bicyclic) bond motifs is 1. The number of nitrogens with zero attached hydrogens (tertiary/aromatic N) is 4. The largest absolute Gasteiger partial charge is 0.493 e. The number of carbonyl (C=O) groups excluding carboxylic acids is 1. The number of halogens is 1. The molecule has 3 aromatic rings. The zero-order valence-electron chi connectivity index (χ0n) is 18.0. The van der Waals surface area contributed by atoms with E-state index in [2.05, 4.69) is 15.3 Å². The average Bonchev–Trinajstić information content (AvgIpc) is 2.80. The molecule has 1 fully saturated rings.